The van der Waals surface area contributed by atoms with Crippen LogP contribution in [0.25, 0.3) is 11.1 Å². The number of hydrazone groups is 1. The van der Waals surface area contributed by atoms with E-state index in [4.69, 9.17) is 14.4 Å². The lowest BCUT2D eigenvalue weighted by molar-refractivity contribution is 0.0698. The van der Waals surface area contributed by atoms with Crippen LogP contribution in [-0.2, 0) is 6.42 Å². The van der Waals surface area contributed by atoms with Gasteiger partial charge in [0.1, 0.15) is 17.3 Å². The first kappa shape index (κ1) is 23.1. The maximum absolute atomic E-state index is 13.2. The van der Waals surface area contributed by atoms with E-state index in [1.54, 1.807) is 36.4 Å². The molecule has 4 aromatic rings. The summed E-state index contributed by atoms with van der Waals surface area (Å²) in [6, 6.07) is 22.5. The minimum absolute atomic E-state index is 0.160. The van der Waals surface area contributed by atoms with Crippen molar-refractivity contribution in [3.8, 4) is 22.9 Å². The Morgan fingerprint density at radius 2 is 1.67 bits per heavy atom. The number of fused-ring (bicyclic) bond motifs is 1. The summed E-state index contributed by atoms with van der Waals surface area (Å²) in [5, 5.41) is 13.5. The van der Waals surface area contributed by atoms with Gasteiger partial charge in [0.25, 0.3) is 0 Å². The molecule has 0 amide bonds. The SMILES string of the molecule is Cc1c(C(=O)Oc2ccc(-c3ccc(C#N)cc3)cc2)oc2c1/C(=N/Nc1ccc(F)cc1)CCC2. The molecule has 7 heteroatoms. The van der Waals surface area contributed by atoms with Gasteiger partial charge in [-0.05, 0) is 79.4 Å². The number of hydrogen-bond donors (Lipinski definition) is 1. The lowest BCUT2D eigenvalue weighted by atomic mass is 9.93. The average Bonchev–Trinajstić information content (AvgIpc) is 3.26. The fourth-order valence-corrected chi connectivity index (χ4v) is 4.24. The molecule has 0 aliphatic heterocycles. The molecule has 178 valence electrons. The average molecular weight is 480 g/mol. The number of halogens is 1. The van der Waals surface area contributed by atoms with Crippen molar-refractivity contribution in [2.45, 2.75) is 26.2 Å². The molecule has 0 bridgehead atoms. The second kappa shape index (κ2) is 9.88. The molecular weight excluding hydrogens is 457 g/mol. The van der Waals surface area contributed by atoms with E-state index in [9.17, 15) is 9.18 Å². The van der Waals surface area contributed by atoms with Crippen molar-refractivity contribution in [3.05, 3.63) is 107 Å². The Bertz CT molecular complexity index is 1480. The molecular formula is C29H22FN3O3. The highest BCUT2D eigenvalue weighted by molar-refractivity contribution is 6.06. The minimum Gasteiger partial charge on any atom is -0.453 e. The fraction of sp³-hybridized carbons (Fsp3) is 0.138. The molecule has 1 N–H and O–H groups in total. The Kier molecular flexibility index (Phi) is 6.33. The van der Waals surface area contributed by atoms with Crippen LogP contribution in [0.2, 0.25) is 0 Å². The summed E-state index contributed by atoms with van der Waals surface area (Å²) < 4.78 is 24.7. The number of hydrogen-bond acceptors (Lipinski definition) is 6. The van der Waals surface area contributed by atoms with Crippen LogP contribution < -0.4 is 10.2 Å². The third-order valence-electron chi connectivity index (χ3n) is 6.09. The number of rotatable bonds is 5. The van der Waals surface area contributed by atoms with Gasteiger partial charge < -0.3 is 9.15 Å². The largest absolute Gasteiger partial charge is 0.453 e. The number of nitrogens with one attached hydrogen (secondary N) is 1. The van der Waals surface area contributed by atoms with Gasteiger partial charge in [-0.1, -0.05) is 24.3 Å². The smallest absolute Gasteiger partial charge is 0.379 e. The van der Waals surface area contributed by atoms with E-state index in [1.165, 1.54) is 12.1 Å². The molecule has 1 heterocycles. The number of nitrogens with zero attached hydrogens (tertiary/aromatic N) is 2. The molecule has 36 heavy (non-hydrogen) atoms. The summed E-state index contributed by atoms with van der Waals surface area (Å²) in [5.41, 5.74) is 8.42. The number of aryl methyl sites for hydroxylation is 1. The maximum Gasteiger partial charge on any atom is 0.379 e. The number of anilines is 1. The molecule has 3 aromatic carbocycles. The van der Waals surface area contributed by atoms with Crippen LogP contribution in [0, 0.1) is 24.1 Å². The van der Waals surface area contributed by atoms with Crippen LogP contribution in [0.1, 0.15) is 45.8 Å². The lowest BCUT2D eigenvalue weighted by Crippen LogP contribution is -2.13. The van der Waals surface area contributed by atoms with Crippen molar-refractivity contribution in [2.75, 3.05) is 5.43 Å². The molecule has 0 unspecified atom stereocenters. The molecule has 0 spiro atoms. The van der Waals surface area contributed by atoms with Crippen molar-refractivity contribution in [1.82, 2.24) is 0 Å². The fourth-order valence-electron chi connectivity index (χ4n) is 4.24. The Morgan fingerprint density at radius 3 is 2.33 bits per heavy atom. The summed E-state index contributed by atoms with van der Waals surface area (Å²) in [6.07, 6.45) is 2.28. The van der Waals surface area contributed by atoms with Crippen molar-refractivity contribution in [3.63, 3.8) is 0 Å². The van der Waals surface area contributed by atoms with Gasteiger partial charge in [-0.3, -0.25) is 5.43 Å². The summed E-state index contributed by atoms with van der Waals surface area (Å²) in [5.74, 6) is 0.386. The van der Waals surface area contributed by atoms with Crippen molar-refractivity contribution < 1.29 is 18.3 Å². The van der Waals surface area contributed by atoms with Gasteiger partial charge in [-0.25, -0.2) is 9.18 Å². The minimum atomic E-state index is -0.570. The van der Waals surface area contributed by atoms with Gasteiger partial charge in [0.05, 0.1) is 23.0 Å². The normalized spacial score (nSPS) is 13.6. The number of carbonyl (C=O) groups is 1. The first-order valence-corrected chi connectivity index (χ1v) is 11.6. The summed E-state index contributed by atoms with van der Waals surface area (Å²) in [6.45, 7) is 1.83. The number of benzene rings is 3. The van der Waals surface area contributed by atoms with E-state index < -0.39 is 5.97 Å². The van der Waals surface area contributed by atoms with Crippen LogP contribution in [0.3, 0.4) is 0 Å². The van der Waals surface area contributed by atoms with Gasteiger partial charge in [-0.2, -0.15) is 10.4 Å². The van der Waals surface area contributed by atoms with Crippen LogP contribution >= 0.6 is 0 Å². The lowest BCUT2D eigenvalue weighted by Gasteiger charge is -2.13. The van der Waals surface area contributed by atoms with Crippen LogP contribution in [-0.4, -0.2) is 11.7 Å². The van der Waals surface area contributed by atoms with Gasteiger partial charge in [0.2, 0.25) is 5.76 Å². The number of nitriles is 1. The van der Waals surface area contributed by atoms with Crippen LogP contribution in [0.15, 0.2) is 82.3 Å². The third-order valence-corrected chi connectivity index (χ3v) is 6.09. The summed E-state index contributed by atoms with van der Waals surface area (Å²) >= 11 is 0. The number of esters is 1. The highest BCUT2D eigenvalue weighted by Crippen LogP contribution is 2.31. The van der Waals surface area contributed by atoms with E-state index in [-0.39, 0.29) is 11.6 Å². The predicted molar refractivity (Wildman–Crippen MR) is 134 cm³/mol. The molecule has 0 radical (unpaired) electrons. The molecule has 0 saturated heterocycles. The van der Waals surface area contributed by atoms with E-state index in [0.717, 1.165) is 35.2 Å². The number of ether oxygens (including phenoxy) is 1. The number of furan rings is 1. The molecule has 1 aliphatic rings. The first-order valence-electron chi connectivity index (χ1n) is 11.6. The predicted octanol–water partition coefficient (Wildman–Crippen LogP) is 6.64. The molecule has 0 saturated carbocycles. The zero-order valence-corrected chi connectivity index (χ0v) is 19.5. The maximum atomic E-state index is 13.2. The molecule has 5 rings (SSSR count). The molecule has 0 fully saturated rings. The zero-order valence-electron chi connectivity index (χ0n) is 19.5. The Morgan fingerprint density at radius 1 is 1.00 bits per heavy atom. The second-order valence-electron chi connectivity index (χ2n) is 8.49. The quantitative estimate of drug-likeness (QED) is 0.197. The summed E-state index contributed by atoms with van der Waals surface area (Å²) in [4.78, 5) is 13.0. The Balaban J connectivity index is 1.32. The van der Waals surface area contributed by atoms with Crippen LogP contribution in [0.5, 0.6) is 5.75 Å². The number of carbonyl (C=O) groups excluding carboxylic acids is 1. The monoisotopic (exact) mass is 479 g/mol. The zero-order chi connectivity index (χ0) is 25.1. The molecule has 1 aliphatic carbocycles. The highest BCUT2D eigenvalue weighted by atomic mass is 19.1. The molecule has 0 atom stereocenters. The molecule has 6 nitrogen and oxygen atoms in total. The van der Waals surface area contributed by atoms with Crippen molar-refractivity contribution in [1.29, 1.82) is 5.26 Å². The highest BCUT2D eigenvalue weighted by Gasteiger charge is 2.29. The van der Waals surface area contributed by atoms with Gasteiger partial charge in [0.15, 0.2) is 0 Å². The van der Waals surface area contributed by atoms with E-state index in [1.807, 2.05) is 31.2 Å². The van der Waals surface area contributed by atoms with Gasteiger partial charge in [-0.15, -0.1) is 0 Å². The first-order chi connectivity index (χ1) is 17.5. The van der Waals surface area contributed by atoms with E-state index in [2.05, 4.69) is 16.6 Å². The summed E-state index contributed by atoms with van der Waals surface area (Å²) in [7, 11) is 0. The van der Waals surface area contributed by atoms with E-state index >= 15 is 0 Å². The second-order valence-corrected chi connectivity index (χ2v) is 8.49. The topological polar surface area (TPSA) is 87.6 Å². The van der Waals surface area contributed by atoms with Gasteiger partial charge >= 0.3 is 5.97 Å². The Hall–Kier alpha value is -4.70. The standard InChI is InChI=1S/C29H22FN3O3/c1-18-27-25(33-32-23-13-11-22(30)12-14-23)3-2-4-26(27)36-28(18)29(34)35-24-15-9-21(10-16-24)20-7-5-19(17-31)6-8-20/h5-16,32H,2-4H2,1H3/b33-25+. The van der Waals surface area contributed by atoms with Crippen LogP contribution in [0.4, 0.5) is 10.1 Å². The molecule has 1 aromatic heterocycles. The third kappa shape index (κ3) is 4.75. The van der Waals surface area contributed by atoms with Gasteiger partial charge in [0, 0.05) is 17.5 Å². The Labute approximate surface area is 207 Å². The van der Waals surface area contributed by atoms with Crippen molar-refractivity contribution in [2.24, 2.45) is 5.10 Å². The van der Waals surface area contributed by atoms with E-state index in [0.29, 0.717) is 34.7 Å². The van der Waals surface area contributed by atoms with Crippen molar-refractivity contribution >= 4 is 17.4 Å².